The van der Waals surface area contributed by atoms with Crippen molar-refractivity contribution in [3.8, 4) is 0 Å². The molecular weight excluding hydrogens is 1840 g/mol. The molecule has 4 aliphatic heterocycles. The Hall–Kier alpha value is -8.32. The highest BCUT2D eigenvalue weighted by Crippen LogP contribution is 2.52. The van der Waals surface area contributed by atoms with Crippen LogP contribution in [0.5, 0.6) is 0 Å². The van der Waals surface area contributed by atoms with Crippen molar-refractivity contribution in [2.45, 2.75) is 256 Å². The van der Waals surface area contributed by atoms with Crippen molar-refractivity contribution in [2.75, 3.05) is 26.2 Å². The van der Waals surface area contributed by atoms with E-state index in [0.29, 0.717) is 90.0 Å². The Morgan fingerprint density at radius 3 is 0.591 bits per heavy atom. The molecule has 4 aliphatic carbocycles. The fourth-order valence-electron chi connectivity index (χ4n) is 16.8. The number of ether oxygens (including phenoxy) is 8. The van der Waals surface area contributed by atoms with Crippen LogP contribution in [0.1, 0.15) is 253 Å². The molecule has 0 aromatic heterocycles. The maximum Gasteiger partial charge on any atom is 0.309 e. The number of carbonyl (C=O) groups excluding carboxylic acids is 8. The summed E-state index contributed by atoms with van der Waals surface area (Å²) in [5.74, 6) is -0.733. The van der Waals surface area contributed by atoms with Gasteiger partial charge in [-0.25, -0.2) is 0 Å². The van der Waals surface area contributed by atoms with Crippen LogP contribution < -0.4 is 0 Å². The van der Waals surface area contributed by atoms with Crippen LogP contribution in [-0.2, 0) is 76.3 Å². The molecule has 8 aromatic carbocycles. The molecule has 28 heteroatoms. The van der Waals surface area contributed by atoms with Crippen molar-refractivity contribution in [2.24, 2.45) is 23.7 Å². The maximum absolute atomic E-state index is 13.6. The lowest BCUT2D eigenvalue weighted by atomic mass is 9.91. The predicted octanol–water partition coefficient (Wildman–Crippen LogP) is 24.6. The normalized spacial score (nSPS) is 23.5. The van der Waals surface area contributed by atoms with Gasteiger partial charge in [-0.2, -0.15) is 0 Å². The lowest BCUT2D eigenvalue weighted by Crippen LogP contribution is -2.52. The molecule has 132 heavy (non-hydrogen) atoms. The number of amides is 4. The van der Waals surface area contributed by atoms with Gasteiger partial charge in [0, 0.05) is 66.4 Å². The van der Waals surface area contributed by atoms with Gasteiger partial charge in [-0.1, -0.05) is 190 Å². The predicted molar refractivity (Wildman–Crippen MR) is 513 cm³/mol. The molecule has 16 rings (SSSR count). The number of hydrogen-bond acceptors (Lipinski definition) is 16. The second kappa shape index (κ2) is 43.8. The van der Waals surface area contributed by atoms with E-state index in [9.17, 15) is 38.4 Å². The summed E-state index contributed by atoms with van der Waals surface area (Å²) in [6.07, 6.45) is 2.53. The number of esters is 4. The standard InChI is InChI=1S/4C26H29Cl2NO4/c4*1-26(2,3)33-22(30)14-21-25(31)29(15-16-7-8-16)23(17-9-11-19(27)12-10-17)24(32-21)18-5-4-6-20(28)13-18/h4*4-6,9-13,16,21,23-24H,7-8,14-15H2,1-3H3/t2*21-,23+,24+;2*21-,23-,24-/m1010/s1. The summed E-state index contributed by atoms with van der Waals surface area (Å²) in [5, 5.41) is 4.83. The molecule has 12 atom stereocenters. The van der Waals surface area contributed by atoms with Crippen molar-refractivity contribution in [1.82, 2.24) is 19.6 Å². The molecule has 8 aliphatic rings. The Balaban J connectivity index is 0.000000150. The van der Waals surface area contributed by atoms with E-state index in [0.717, 1.165) is 95.9 Å². The summed E-state index contributed by atoms with van der Waals surface area (Å²) < 4.78 is 47.4. The van der Waals surface area contributed by atoms with Gasteiger partial charge in [0.25, 0.3) is 23.6 Å². The van der Waals surface area contributed by atoms with Gasteiger partial charge in [-0.15, -0.1) is 0 Å². The first-order chi connectivity index (χ1) is 62.4. The van der Waals surface area contributed by atoms with E-state index in [2.05, 4.69) is 0 Å². The van der Waals surface area contributed by atoms with Crippen molar-refractivity contribution in [3.05, 3.63) is 279 Å². The molecule has 0 N–H and O–H groups in total. The Morgan fingerprint density at radius 2 is 0.439 bits per heavy atom. The highest BCUT2D eigenvalue weighted by molar-refractivity contribution is 6.32. The summed E-state index contributed by atoms with van der Waals surface area (Å²) in [5.41, 5.74) is 4.55. The second-order valence-corrected chi connectivity index (χ2v) is 42.8. The first-order valence-electron chi connectivity index (χ1n) is 45.2. The number of hydrogen-bond donors (Lipinski definition) is 0. The molecule has 0 unspecified atom stereocenters. The third-order valence-electron chi connectivity index (χ3n) is 23.2. The van der Waals surface area contributed by atoms with Crippen LogP contribution in [0.2, 0.25) is 40.2 Å². The number of carbonyl (C=O) groups is 8. The Bertz CT molecular complexity index is 4710. The van der Waals surface area contributed by atoms with Crippen molar-refractivity contribution >= 4 is 140 Å². The second-order valence-electron chi connectivity index (χ2n) is 39.3. The first kappa shape index (κ1) is 101. The fraction of sp³-hybridized carbons (Fsp3) is 0.462. The molecule has 4 amide bonds. The molecule has 20 nitrogen and oxygen atoms in total. The number of halogens is 8. The van der Waals surface area contributed by atoms with Crippen LogP contribution in [0.25, 0.3) is 0 Å². The Labute approximate surface area is 814 Å². The number of nitrogens with zero attached hydrogens (tertiary/aromatic N) is 4. The SMILES string of the molecule is CC(C)(C)OC(=O)C[C@@H]1O[C@@H](c2cccc(Cl)c2)[C@H](c2ccc(Cl)cc2)N(CC2CC2)C1=O.CC(C)(C)OC(=O)C[C@@H]1O[C@H](c2cccc(Cl)c2)[C@@H](c2ccc(Cl)cc2)N(CC2CC2)C1=O.CC(C)(C)OC(=O)C[C@H]1O[C@@H](c2cccc(Cl)c2)[C@H](c2ccc(Cl)cc2)N(CC2CC2)C1=O.CC(C)(C)OC(=O)C[C@H]1O[C@H](c2cccc(Cl)c2)[C@@H](c2ccc(Cl)cc2)N(CC2CC2)C1=O. The molecule has 4 saturated carbocycles. The summed E-state index contributed by atoms with van der Waals surface area (Å²) >= 11 is 49.8. The van der Waals surface area contributed by atoms with Gasteiger partial charge in [0.1, 0.15) is 71.2 Å². The van der Waals surface area contributed by atoms with E-state index in [1.54, 1.807) is 107 Å². The van der Waals surface area contributed by atoms with Gasteiger partial charge < -0.3 is 57.5 Å². The average Bonchev–Trinajstić information content (AvgIpc) is 1.35. The van der Waals surface area contributed by atoms with Crippen molar-refractivity contribution in [3.63, 3.8) is 0 Å². The smallest absolute Gasteiger partial charge is 0.309 e. The topological polar surface area (TPSA) is 223 Å². The van der Waals surface area contributed by atoms with Gasteiger partial charge in [0.2, 0.25) is 0 Å². The molecule has 8 aromatic rings. The first-order valence-corrected chi connectivity index (χ1v) is 48.2. The highest BCUT2D eigenvalue weighted by atomic mass is 35.5. The molecule has 8 fully saturated rings. The van der Waals surface area contributed by atoms with Crippen LogP contribution in [0, 0.1) is 23.7 Å². The van der Waals surface area contributed by atoms with Gasteiger partial charge in [-0.05, 0) is 300 Å². The zero-order valence-electron chi connectivity index (χ0n) is 76.4. The molecule has 4 saturated heterocycles. The summed E-state index contributed by atoms with van der Waals surface area (Å²) in [6, 6.07) is 58.4. The van der Waals surface area contributed by atoms with Crippen molar-refractivity contribution < 1.29 is 76.3 Å². The minimum absolute atomic E-state index is 0.137. The van der Waals surface area contributed by atoms with Gasteiger partial charge in [0.05, 0.1) is 49.9 Å². The molecule has 704 valence electrons. The summed E-state index contributed by atoms with van der Waals surface area (Å²) in [4.78, 5) is 112. The van der Waals surface area contributed by atoms with Crippen LogP contribution >= 0.6 is 92.8 Å². The highest BCUT2D eigenvalue weighted by Gasteiger charge is 2.52. The molecular formula is C104H116Cl8N4O16. The van der Waals surface area contributed by atoms with Crippen LogP contribution in [0.15, 0.2) is 194 Å². The minimum Gasteiger partial charge on any atom is -0.460 e. The lowest BCUT2D eigenvalue weighted by molar-refractivity contribution is -0.183. The number of benzene rings is 8. The average molecular weight is 1960 g/mol. The minimum atomic E-state index is -0.925. The summed E-state index contributed by atoms with van der Waals surface area (Å²) in [7, 11) is 0. The Morgan fingerprint density at radius 1 is 0.265 bits per heavy atom. The third-order valence-corrected chi connectivity index (χ3v) is 25.2. The number of rotatable bonds is 24. The zero-order chi connectivity index (χ0) is 95.0. The Kier molecular flexibility index (Phi) is 33.5. The zero-order valence-corrected chi connectivity index (χ0v) is 82.4. The third kappa shape index (κ3) is 28.9. The van der Waals surface area contributed by atoms with Gasteiger partial charge >= 0.3 is 23.9 Å². The number of morpholine rings is 4. The van der Waals surface area contributed by atoms with Crippen LogP contribution in [0.3, 0.4) is 0 Å². The fourth-order valence-corrected chi connectivity index (χ4v) is 18.1. The van der Waals surface area contributed by atoms with Gasteiger partial charge in [0.15, 0.2) is 0 Å². The molecule has 0 bridgehead atoms. The maximum atomic E-state index is 13.6. The molecule has 0 radical (unpaired) electrons. The van der Waals surface area contributed by atoms with Crippen LogP contribution in [-0.4, -0.2) is 140 Å². The van der Waals surface area contributed by atoms with E-state index in [4.69, 9.17) is 131 Å². The summed E-state index contributed by atoms with van der Waals surface area (Å²) in [6.45, 7) is 24.1. The monoisotopic (exact) mass is 1960 g/mol. The van der Waals surface area contributed by atoms with E-state index in [1.165, 1.54) is 0 Å². The van der Waals surface area contributed by atoms with E-state index in [1.807, 2.05) is 189 Å². The lowest BCUT2D eigenvalue weighted by Gasteiger charge is -2.45. The van der Waals surface area contributed by atoms with E-state index in [-0.39, 0.29) is 73.5 Å². The quantitative estimate of drug-likeness (QED) is 0.0405. The van der Waals surface area contributed by atoms with Crippen LogP contribution in [0.4, 0.5) is 0 Å². The van der Waals surface area contributed by atoms with E-state index < -0.39 is 95.1 Å². The van der Waals surface area contributed by atoms with Gasteiger partial charge in [-0.3, -0.25) is 38.4 Å². The molecule has 0 spiro atoms. The van der Waals surface area contributed by atoms with E-state index >= 15 is 0 Å². The van der Waals surface area contributed by atoms with Crippen molar-refractivity contribution in [1.29, 1.82) is 0 Å². The molecule has 4 heterocycles. The largest absolute Gasteiger partial charge is 0.460 e.